The number of hydrogen-bond acceptors (Lipinski definition) is 3. The van der Waals surface area contributed by atoms with Crippen molar-refractivity contribution in [3.05, 3.63) is 61.3 Å². The van der Waals surface area contributed by atoms with Crippen LogP contribution in [0.3, 0.4) is 0 Å². The number of likely N-dealkylation sites (N-methyl/N-ethyl adjacent to an activating group) is 1. The molecule has 1 N–H and O–H groups in total. The van der Waals surface area contributed by atoms with Gasteiger partial charge in [0.15, 0.2) is 0 Å². The number of aromatic amines is 1. The van der Waals surface area contributed by atoms with E-state index in [1.165, 1.54) is 33.3 Å². The van der Waals surface area contributed by atoms with Crippen LogP contribution in [0.5, 0.6) is 0 Å². The van der Waals surface area contributed by atoms with Crippen LogP contribution < -0.4 is 4.90 Å². The number of para-hydroxylation sites is 1. The summed E-state index contributed by atoms with van der Waals surface area (Å²) in [6.45, 7) is 4.28. The van der Waals surface area contributed by atoms with Crippen molar-refractivity contribution in [1.29, 1.82) is 0 Å². The molecule has 142 valence electrons. The lowest BCUT2D eigenvalue weighted by atomic mass is 9.99. The fraction of sp³-hybridized carbons (Fsp3) is 0.261. The van der Waals surface area contributed by atoms with Crippen LogP contribution in [0, 0.1) is 0 Å². The summed E-state index contributed by atoms with van der Waals surface area (Å²) in [6, 6.07) is 10.8. The van der Waals surface area contributed by atoms with Crippen molar-refractivity contribution in [3.8, 4) is 22.3 Å². The molecule has 0 saturated carbocycles. The van der Waals surface area contributed by atoms with Gasteiger partial charge in [-0.15, -0.1) is 0 Å². The Morgan fingerprint density at radius 3 is 2.54 bits per heavy atom. The third kappa shape index (κ3) is 2.88. The zero-order valence-electron chi connectivity index (χ0n) is 16.4. The summed E-state index contributed by atoms with van der Waals surface area (Å²) in [5.41, 5.74) is 7.26. The largest absolute Gasteiger partial charge is 0.368 e. The quantitative estimate of drug-likeness (QED) is 0.592. The Morgan fingerprint density at radius 2 is 1.68 bits per heavy atom. The summed E-state index contributed by atoms with van der Waals surface area (Å²) in [4.78, 5) is 12.7. The molecule has 0 atom stereocenters. The van der Waals surface area contributed by atoms with Crippen LogP contribution >= 0.6 is 0 Å². The number of H-pyrrole nitrogens is 1. The second kappa shape index (κ2) is 6.84. The van der Waals surface area contributed by atoms with Gasteiger partial charge in [0.05, 0.1) is 11.9 Å². The van der Waals surface area contributed by atoms with Crippen LogP contribution in [-0.4, -0.2) is 52.7 Å². The molecule has 0 amide bonds. The Hall–Kier alpha value is -3.05. The third-order valence-corrected chi connectivity index (χ3v) is 5.84. The number of benzene rings is 1. The molecular weight excluding hydrogens is 346 g/mol. The molecule has 1 fully saturated rings. The number of anilines is 1. The molecule has 0 unspecified atom stereocenters. The van der Waals surface area contributed by atoms with E-state index in [1.54, 1.807) is 0 Å². The molecule has 1 saturated heterocycles. The summed E-state index contributed by atoms with van der Waals surface area (Å²) in [5, 5.41) is 1.27. The maximum atomic E-state index is 4.56. The van der Waals surface area contributed by atoms with Crippen LogP contribution in [-0.2, 0) is 7.05 Å². The standard InChI is InChI=1S/C23H25N5/c1-26-7-9-28(10-8-26)18-11-17(12-24-13-18)20-14-25-15-21(20)22-16-27(2)23-6-4-3-5-19(22)23/h3-6,11-16,25H,7-10H2,1-2H3. The molecule has 28 heavy (non-hydrogen) atoms. The summed E-state index contributed by atoms with van der Waals surface area (Å²) >= 11 is 0. The number of aryl methyl sites for hydroxylation is 1. The summed E-state index contributed by atoms with van der Waals surface area (Å²) in [7, 11) is 4.29. The van der Waals surface area contributed by atoms with Gasteiger partial charge in [-0.25, -0.2) is 0 Å². The van der Waals surface area contributed by atoms with E-state index >= 15 is 0 Å². The number of fused-ring (bicyclic) bond motifs is 1. The normalized spacial score (nSPS) is 15.4. The smallest absolute Gasteiger partial charge is 0.0559 e. The van der Waals surface area contributed by atoms with Crippen LogP contribution in [0.15, 0.2) is 61.3 Å². The van der Waals surface area contributed by atoms with E-state index in [4.69, 9.17) is 0 Å². The molecule has 0 radical (unpaired) electrons. The second-order valence-electron chi connectivity index (χ2n) is 7.68. The molecule has 4 aromatic rings. The van der Waals surface area contributed by atoms with Gasteiger partial charge in [0.1, 0.15) is 0 Å². The van der Waals surface area contributed by atoms with Crippen LogP contribution in [0.1, 0.15) is 0 Å². The predicted octanol–water partition coefficient (Wildman–Crippen LogP) is 3.99. The van der Waals surface area contributed by atoms with Gasteiger partial charge in [-0.05, 0) is 19.2 Å². The highest BCUT2D eigenvalue weighted by Crippen LogP contribution is 2.37. The average Bonchev–Trinajstić information content (AvgIpc) is 3.34. The van der Waals surface area contributed by atoms with Crippen molar-refractivity contribution < 1.29 is 0 Å². The fourth-order valence-electron chi connectivity index (χ4n) is 4.19. The first-order valence-corrected chi connectivity index (χ1v) is 9.81. The van der Waals surface area contributed by atoms with Gasteiger partial charge in [0, 0.05) is 91.2 Å². The number of aromatic nitrogens is 3. The number of piperazine rings is 1. The van der Waals surface area contributed by atoms with Crippen molar-refractivity contribution in [2.24, 2.45) is 7.05 Å². The van der Waals surface area contributed by atoms with Gasteiger partial charge < -0.3 is 19.4 Å². The molecule has 0 aliphatic carbocycles. The average molecular weight is 371 g/mol. The second-order valence-corrected chi connectivity index (χ2v) is 7.68. The Labute approximate surface area is 165 Å². The lowest BCUT2D eigenvalue weighted by Gasteiger charge is -2.34. The minimum absolute atomic E-state index is 1.05. The number of nitrogens with zero attached hydrogens (tertiary/aromatic N) is 4. The molecule has 1 aromatic carbocycles. The molecule has 3 aromatic heterocycles. The fourth-order valence-corrected chi connectivity index (χ4v) is 4.19. The Bertz CT molecular complexity index is 1110. The molecule has 4 heterocycles. The molecular formula is C23H25N5. The maximum Gasteiger partial charge on any atom is 0.0559 e. The van der Waals surface area contributed by atoms with Crippen molar-refractivity contribution in [2.45, 2.75) is 0 Å². The zero-order valence-corrected chi connectivity index (χ0v) is 16.4. The molecule has 1 aliphatic rings. The van der Waals surface area contributed by atoms with E-state index in [-0.39, 0.29) is 0 Å². The lowest BCUT2D eigenvalue weighted by Crippen LogP contribution is -2.44. The van der Waals surface area contributed by atoms with Gasteiger partial charge in [-0.3, -0.25) is 4.98 Å². The summed E-state index contributed by atoms with van der Waals surface area (Å²) in [5.74, 6) is 0. The molecule has 5 heteroatoms. The van der Waals surface area contributed by atoms with Crippen LogP contribution in [0.4, 0.5) is 5.69 Å². The van der Waals surface area contributed by atoms with E-state index in [0.717, 1.165) is 31.7 Å². The van der Waals surface area contributed by atoms with Gasteiger partial charge in [-0.2, -0.15) is 0 Å². The third-order valence-electron chi connectivity index (χ3n) is 5.84. The highest BCUT2D eigenvalue weighted by molar-refractivity contribution is 6.00. The maximum absolute atomic E-state index is 4.56. The topological polar surface area (TPSA) is 40.1 Å². The van der Waals surface area contributed by atoms with Crippen molar-refractivity contribution in [2.75, 3.05) is 38.1 Å². The monoisotopic (exact) mass is 371 g/mol. The highest BCUT2D eigenvalue weighted by atomic mass is 15.2. The molecule has 5 rings (SSSR count). The summed E-state index contributed by atoms with van der Waals surface area (Å²) < 4.78 is 2.19. The molecule has 1 aliphatic heterocycles. The molecule has 0 bridgehead atoms. The van der Waals surface area contributed by atoms with Gasteiger partial charge in [0.2, 0.25) is 0 Å². The first-order chi connectivity index (χ1) is 13.7. The van der Waals surface area contributed by atoms with Gasteiger partial charge in [0.25, 0.3) is 0 Å². The Morgan fingerprint density at radius 1 is 0.893 bits per heavy atom. The van der Waals surface area contributed by atoms with Crippen LogP contribution in [0.25, 0.3) is 33.2 Å². The van der Waals surface area contributed by atoms with E-state index in [2.05, 4.69) is 87.4 Å². The number of hydrogen-bond donors (Lipinski definition) is 1. The molecule has 0 spiro atoms. The van der Waals surface area contributed by atoms with Crippen molar-refractivity contribution >= 4 is 16.6 Å². The zero-order chi connectivity index (χ0) is 19.1. The number of rotatable bonds is 3. The van der Waals surface area contributed by atoms with Gasteiger partial charge >= 0.3 is 0 Å². The van der Waals surface area contributed by atoms with E-state index < -0.39 is 0 Å². The Kier molecular flexibility index (Phi) is 4.17. The van der Waals surface area contributed by atoms with E-state index in [0.29, 0.717) is 0 Å². The Balaban J connectivity index is 1.55. The SMILES string of the molecule is CN1CCN(c2cncc(-c3c[nH]cc3-c3cn(C)c4ccccc34)c2)CC1. The van der Waals surface area contributed by atoms with E-state index in [1.807, 2.05) is 12.4 Å². The lowest BCUT2D eigenvalue weighted by molar-refractivity contribution is 0.313. The van der Waals surface area contributed by atoms with Crippen LogP contribution in [0.2, 0.25) is 0 Å². The van der Waals surface area contributed by atoms with Crippen molar-refractivity contribution in [1.82, 2.24) is 19.4 Å². The highest BCUT2D eigenvalue weighted by Gasteiger charge is 2.17. The predicted molar refractivity (Wildman–Crippen MR) is 116 cm³/mol. The van der Waals surface area contributed by atoms with Gasteiger partial charge in [-0.1, -0.05) is 18.2 Å². The first-order valence-electron chi connectivity index (χ1n) is 9.81. The van der Waals surface area contributed by atoms with Crippen molar-refractivity contribution in [3.63, 3.8) is 0 Å². The number of nitrogens with one attached hydrogen (secondary N) is 1. The minimum Gasteiger partial charge on any atom is -0.368 e. The molecule has 5 nitrogen and oxygen atoms in total. The van der Waals surface area contributed by atoms with E-state index in [9.17, 15) is 0 Å². The minimum atomic E-state index is 1.05. The number of pyridine rings is 1. The summed E-state index contributed by atoms with van der Waals surface area (Å²) in [6.07, 6.45) is 10.4. The first kappa shape index (κ1) is 17.1.